The zero-order chi connectivity index (χ0) is 24.8. The molecule has 2 aliphatic heterocycles. The Labute approximate surface area is 207 Å². The van der Waals surface area contributed by atoms with E-state index >= 15 is 0 Å². The molecular formula is C24H29FN8O3. The number of ether oxygens (including phenoxy) is 2. The highest BCUT2D eigenvalue weighted by Crippen LogP contribution is 2.31. The molecule has 4 bridgehead atoms. The van der Waals surface area contributed by atoms with Crippen LogP contribution in [-0.2, 0) is 16.1 Å². The van der Waals surface area contributed by atoms with Crippen molar-refractivity contribution in [3.8, 4) is 0 Å². The molecule has 1 aromatic carbocycles. The zero-order valence-corrected chi connectivity index (χ0v) is 20.2. The van der Waals surface area contributed by atoms with E-state index in [1.807, 2.05) is 12.1 Å². The average molecular weight is 497 g/mol. The van der Waals surface area contributed by atoms with Crippen molar-refractivity contribution in [3.63, 3.8) is 0 Å². The number of morpholine rings is 1. The van der Waals surface area contributed by atoms with Gasteiger partial charge in [-0.05, 0) is 30.7 Å². The van der Waals surface area contributed by atoms with E-state index in [1.165, 1.54) is 10.9 Å². The summed E-state index contributed by atoms with van der Waals surface area (Å²) < 4.78 is 27.6. The minimum Gasteiger partial charge on any atom is -0.375 e. The number of amides is 1. The number of hydrogen-bond acceptors (Lipinski definition) is 9. The average Bonchev–Trinajstić information content (AvgIpc) is 3.44. The topological polar surface area (TPSA) is 118 Å². The summed E-state index contributed by atoms with van der Waals surface area (Å²) in [5, 5.41) is 9.26. The number of halogens is 1. The first kappa shape index (κ1) is 22.9. The molecule has 4 atom stereocenters. The van der Waals surface area contributed by atoms with Crippen LogP contribution in [0.1, 0.15) is 25.3 Å². The quantitative estimate of drug-likeness (QED) is 0.492. The summed E-state index contributed by atoms with van der Waals surface area (Å²) in [5.74, 6) is 0.811. The lowest BCUT2D eigenvalue weighted by molar-refractivity contribution is 0.0273. The molecule has 1 aliphatic carbocycles. The monoisotopic (exact) mass is 496 g/mol. The molecule has 6 rings (SSSR count). The number of benzene rings is 1. The maximum atomic E-state index is 14.4. The van der Waals surface area contributed by atoms with Crippen molar-refractivity contribution in [1.29, 1.82) is 0 Å². The van der Waals surface area contributed by atoms with Gasteiger partial charge in [0.2, 0.25) is 5.95 Å². The Bertz CT molecular complexity index is 1300. The number of rotatable bonds is 2. The van der Waals surface area contributed by atoms with Gasteiger partial charge in [-0.3, -0.25) is 0 Å². The second kappa shape index (κ2) is 9.17. The van der Waals surface area contributed by atoms with Gasteiger partial charge >= 0.3 is 6.03 Å². The second-order valence-corrected chi connectivity index (χ2v) is 9.55. The number of nitrogens with zero attached hydrogens (tertiary/aromatic N) is 5. The van der Waals surface area contributed by atoms with Crippen LogP contribution < -0.4 is 20.9 Å². The third-order valence-corrected chi connectivity index (χ3v) is 6.91. The van der Waals surface area contributed by atoms with Crippen LogP contribution in [0, 0.1) is 0 Å². The van der Waals surface area contributed by atoms with Crippen LogP contribution in [0.3, 0.4) is 0 Å². The summed E-state index contributed by atoms with van der Waals surface area (Å²) in [6.07, 6.45) is 0.478. The number of anilines is 4. The maximum absolute atomic E-state index is 14.4. The van der Waals surface area contributed by atoms with Gasteiger partial charge in [-0.15, -0.1) is 0 Å². The molecule has 0 spiro atoms. The first-order valence-corrected chi connectivity index (χ1v) is 12.2. The summed E-state index contributed by atoms with van der Waals surface area (Å²) in [6.45, 7) is 4.55. The zero-order valence-electron chi connectivity index (χ0n) is 20.2. The largest absolute Gasteiger partial charge is 0.375 e. The lowest BCUT2D eigenvalue weighted by Gasteiger charge is -2.33. The minimum absolute atomic E-state index is 0.126. The number of aromatic nitrogens is 4. The number of alkyl halides is 1. The smallest absolute Gasteiger partial charge is 0.328 e. The molecule has 1 saturated carbocycles. The Kier molecular flexibility index (Phi) is 5.84. The van der Waals surface area contributed by atoms with Crippen LogP contribution in [-0.4, -0.2) is 76.7 Å². The van der Waals surface area contributed by atoms with E-state index in [0.29, 0.717) is 29.5 Å². The van der Waals surface area contributed by atoms with Gasteiger partial charge in [0, 0.05) is 44.4 Å². The van der Waals surface area contributed by atoms with E-state index in [9.17, 15) is 9.18 Å². The summed E-state index contributed by atoms with van der Waals surface area (Å²) in [5.41, 5.74) is 3.55. The van der Waals surface area contributed by atoms with Crippen LogP contribution in [0.4, 0.5) is 32.3 Å². The Morgan fingerprint density at radius 3 is 2.92 bits per heavy atom. The number of carbonyl (C=O) groups is 1. The molecule has 3 aliphatic rings. The van der Waals surface area contributed by atoms with Gasteiger partial charge in [-0.25, -0.2) is 18.7 Å². The van der Waals surface area contributed by atoms with Crippen molar-refractivity contribution < 1.29 is 18.7 Å². The second-order valence-electron chi connectivity index (χ2n) is 9.55. The van der Waals surface area contributed by atoms with Crippen molar-refractivity contribution in [2.75, 3.05) is 42.3 Å². The van der Waals surface area contributed by atoms with Gasteiger partial charge in [0.05, 0.1) is 31.5 Å². The molecule has 1 saturated heterocycles. The normalized spacial score (nSPS) is 26.3. The Morgan fingerprint density at radius 2 is 2.08 bits per heavy atom. The Hall–Kier alpha value is -3.51. The van der Waals surface area contributed by atoms with Crippen LogP contribution in [0.25, 0.3) is 11.2 Å². The first-order valence-electron chi connectivity index (χ1n) is 12.2. The molecule has 3 aromatic rings. The van der Waals surface area contributed by atoms with Crippen molar-refractivity contribution in [1.82, 2.24) is 24.8 Å². The van der Waals surface area contributed by atoms with Gasteiger partial charge in [0.15, 0.2) is 17.0 Å². The van der Waals surface area contributed by atoms with E-state index in [4.69, 9.17) is 9.47 Å². The number of carbonyl (C=O) groups excluding carboxylic acids is 1. The lowest BCUT2D eigenvalue weighted by Crippen LogP contribution is -2.43. The molecular weight excluding hydrogens is 467 g/mol. The van der Waals surface area contributed by atoms with Gasteiger partial charge in [-0.1, -0.05) is 0 Å². The van der Waals surface area contributed by atoms with Crippen molar-refractivity contribution in [2.24, 2.45) is 0 Å². The SMILES string of the molecule is CNc1nc2nc3c1ncn3C(=O)N[C@@H]1C[C@@H](F)C[C@H]1OCc1cc(cc(N3CCO[C@@H](C)C3)c1)N2. The highest BCUT2D eigenvalue weighted by atomic mass is 19.1. The molecule has 2 fully saturated rings. The predicted octanol–water partition coefficient (Wildman–Crippen LogP) is 2.79. The van der Waals surface area contributed by atoms with E-state index in [1.54, 1.807) is 7.05 Å². The molecule has 0 unspecified atom stereocenters. The fourth-order valence-corrected chi connectivity index (χ4v) is 5.18. The van der Waals surface area contributed by atoms with E-state index in [-0.39, 0.29) is 25.6 Å². The highest BCUT2D eigenvalue weighted by Gasteiger charge is 2.37. The summed E-state index contributed by atoms with van der Waals surface area (Å²) in [6, 6.07) is 5.22. The summed E-state index contributed by atoms with van der Waals surface area (Å²) in [4.78, 5) is 28.9. The highest BCUT2D eigenvalue weighted by molar-refractivity contribution is 5.92. The van der Waals surface area contributed by atoms with Gasteiger partial charge in [0.25, 0.3) is 0 Å². The molecule has 4 heterocycles. The van der Waals surface area contributed by atoms with E-state index in [2.05, 4.69) is 48.8 Å². The predicted molar refractivity (Wildman–Crippen MR) is 133 cm³/mol. The van der Waals surface area contributed by atoms with Crippen LogP contribution >= 0.6 is 0 Å². The molecule has 1 amide bonds. The van der Waals surface area contributed by atoms with Crippen molar-refractivity contribution in [3.05, 3.63) is 30.1 Å². The number of imidazole rings is 1. The van der Waals surface area contributed by atoms with Gasteiger partial charge in [0.1, 0.15) is 12.5 Å². The summed E-state index contributed by atoms with van der Waals surface area (Å²) in [7, 11) is 1.74. The molecule has 2 aromatic heterocycles. The van der Waals surface area contributed by atoms with Crippen molar-refractivity contribution >= 4 is 40.3 Å². The Balaban J connectivity index is 1.45. The van der Waals surface area contributed by atoms with E-state index < -0.39 is 24.3 Å². The molecule has 11 nitrogen and oxygen atoms in total. The molecule has 12 heteroatoms. The fourth-order valence-electron chi connectivity index (χ4n) is 5.18. The van der Waals surface area contributed by atoms with Crippen LogP contribution in [0.15, 0.2) is 24.5 Å². The first-order chi connectivity index (χ1) is 17.5. The number of fused-ring (bicyclic) bond motifs is 4. The molecule has 3 N–H and O–H groups in total. The van der Waals surface area contributed by atoms with Crippen LogP contribution in [0.2, 0.25) is 0 Å². The maximum Gasteiger partial charge on any atom is 0.328 e. The van der Waals surface area contributed by atoms with Gasteiger partial charge < -0.3 is 30.3 Å². The number of nitrogens with one attached hydrogen (secondary N) is 3. The number of hydrogen-bond donors (Lipinski definition) is 3. The Morgan fingerprint density at radius 1 is 1.19 bits per heavy atom. The van der Waals surface area contributed by atoms with Gasteiger partial charge in [-0.2, -0.15) is 9.97 Å². The lowest BCUT2D eigenvalue weighted by atomic mass is 10.1. The van der Waals surface area contributed by atoms with Crippen LogP contribution in [0.5, 0.6) is 0 Å². The minimum atomic E-state index is -1.04. The standard InChI is InChI=1S/C24H29FN8O3/c1-13-10-32(3-4-35-13)17-6-14-5-16(9-17)28-23-30-21(26-2)20-22(31-23)33(12-27-20)24(34)29-18-7-15(25)8-19(18)36-11-14/h5-6,9,12-13,15,18-19H,3-4,7-8,10-11H2,1-2H3,(H,29,34)(H2,26,28,30,31)/t13-,15+,18+,19+/m0/s1. The summed E-state index contributed by atoms with van der Waals surface area (Å²) >= 11 is 0. The molecule has 0 radical (unpaired) electrons. The van der Waals surface area contributed by atoms with Crippen molar-refractivity contribution in [2.45, 2.75) is 50.8 Å². The molecule has 36 heavy (non-hydrogen) atoms. The molecule has 190 valence electrons. The van der Waals surface area contributed by atoms with E-state index in [0.717, 1.165) is 30.0 Å². The third-order valence-electron chi connectivity index (χ3n) is 6.91. The third kappa shape index (κ3) is 4.30. The fraction of sp³-hybridized carbons (Fsp3) is 0.500.